The Labute approximate surface area is 188 Å². The van der Waals surface area contributed by atoms with Crippen LogP contribution in [0.2, 0.25) is 0 Å². The van der Waals surface area contributed by atoms with Gasteiger partial charge >= 0.3 is 6.03 Å². The van der Waals surface area contributed by atoms with Crippen molar-refractivity contribution in [2.45, 2.75) is 19.9 Å². The Hall–Kier alpha value is -3.80. The molecule has 1 aliphatic heterocycles. The number of amides is 3. The standard InChI is InChI=1S/C26H27N3O3/c1-19-6-3-4-7-24(19)25(30)27-21-10-12-22(13-11-21)29-17-5-16-28(26(29)31)18-20-8-14-23(32-2)15-9-20/h3-4,6-15H,5,16-18H2,1-2H3,(H,27,30). The quantitative estimate of drug-likeness (QED) is 0.594. The summed E-state index contributed by atoms with van der Waals surface area (Å²) in [5.74, 6) is 0.658. The van der Waals surface area contributed by atoms with Gasteiger partial charge in [-0.05, 0) is 66.9 Å². The van der Waals surface area contributed by atoms with Crippen molar-refractivity contribution in [3.05, 3.63) is 89.5 Å². The zero-order chi connectivity index (χ0) is 22.5. The van der Waals surface area contributed by atoms with E-state index in [0.29, 0.717) is 24.3 Å². The van der Waals surface area contributed by atoms with Crippen LogP contribution in [0.1, 0.15) is 27.9 Å². The Morgan fingerprint density at radius 2 is 1.69 bits per heavy atom. The zero-order valence-corrected chi connectivity index (χ0v) is 18.4. The fourth-order valence-electron chi connectivity index (χ4n) is 3.87. The van der Waals surface area contributed by atoms with Gasteiger partial charge in [0.25, 0.3) is 5.91 Å². The molecule has 164 valence electrons. The molecule has 0 saturated carbocycles. The number of methoxy groups -OCH3 is 1. The average molecular weight is 430 g/mol. The van der Waals surface area contributed by atoms with Crippen LogP contribution in [-0.4, -0.2) is 37.0 Å². The predicted molar refractivity (Wildman–Crippen MR) is 126 cm³/mol. The molecule has 0 aliphatic carbocycles. The van der Waals surface area contributed by atoms with Gasteiger partial charge < -0.3 is 15.0 Å². The van der Waals surface area contributed by atoms with Crippen LogP contribution in [0.5, 0.6) is 5.75 Å². The lowest BCUT2D eigenvalue weighted by molar-refractivity contribution is 0.102. The van der Waals surface area contributed by atoms with Gasteiger partial charge in [0.15, 0.2) is 0 Å². The van der Waals surface area contributed by atoms with Gasteiger partial charge in [0.1, 0.15) is 5.75 Å². The number of urea groups is 1. The van der Waals surface area contributed by atoms with E-state index in [2.05, 4.69) is 5.32 Å². The summed E-state index contributed by atoms with van der Waals surface area (Å²) in [6.45, 7) is 3.88. The van der Waals surface area contributed by atoms with E-state index >= 15 is 0 Å². The molecule has 0 aromatic heterocycles. The molecule has 32 heavy (non-hydrogen) atoms. The second-order valence-electron chi connectivity index (χ2n) is 7.87. The molecule has 4 rings (SSSR count). The highest BCUT2D eigenvalue weighted by molar-refractivity contribution is 6.05. The molecule has 1 aliphatic rings. The van der Waals surface area contributed by atoms with E-state index in [1.54, 1.807) is 12.0 Å². The lowest BCUT2D eigenvalue weighted by atomic mass is 10.1. The molecule has 0 radical (unpaired) electrons. The van der Waals surface area contributed by atoms with Crippen molar-refractivity contribution in [1.29, 1.82) is 0 Å². The zero-order valence-electron chi connectivity index (χ0n) is 18.4. The van der Waals surface area contributed by atoms with Gasteiger partial charge in [-0.2, -0.15) is 0 Å². The monoisotopic (exact) mass is 429 g/mol. The first-order chi connectivity index (χ1) is 15.5. The Morgan fingerprint density at radius 3 is 2.38 bits per heavy atom. The first kappa shape index (κ1) is 21.4. The predicted octanol–water partition coefficient (Wildman–Crippen LogP) is 5.09. The number of rotatable bonds is 6. The summed E-state index contributed by atoms with van der Waals surface area (Å²) in [7, 11) is 1.64. The van der Waals surface area contributed by atoms with E-state index in [4.69, 9.17) is 4.74 Å². The lowest BCUT2D eigenvalue weighted by Gasteiger charge is -2.35. The van der Waals surface area contributed by atoms with E-state index in [9.17, 15) is 9.59 Å². The fraction of sp³-hybridized carbons (Fsp3) is 0.231. The van der Waals surface area contributed by atoms with Gasteiger partial charge in [0.05, 0.1) is 7.11 Å². The minimum atomic E-state index is -0.143. The van der Waals surface area contributed by atoms with Crippen molar-refractivity contribution in [2.75, 3.05) is 30.4 Å². The van der Waals surface area contributed by atoms with Crippen molar-refractivity contribution in [2.24, 2.45) is 0 Å². The van der Waals surface area contributed by atoms with Crippen LogP contribution in [0.25, 0.3) is 0 Å². The first-order valence-electron chi connectivity index (χ1n) is 10.7. The topological polar surface area (TPSA) is 61.9 Å². The highest BCUT2D eigenvalue weighted by Gasteiger charge is 2.26. The van der Waals surface area contributed by atoms with Crippen LogP contribution in [0.4, 0.5) is 16.2 Å². The van der Waals surface area contributed by atoms with Crippen LogP contribution in [-0.2, 0) is 6.54 Å². The number of carbonyl (C=O) groups is 2. The molecular weight excluding hydrogens is 402 g/mol. The first-order valence-corrected chi connectivity index (χ1v) is 10.7. The Kier molecular flexibility index (Phi) is 6.40. The number of hydrogen-bond donors (Lipinski definition) is 1. The van der Waals surface area contributed by atoms with Crippen molar-refractivity contribution in [1.82, 2.24) is 4.90 Å². The van der Waals surface area contributed by atoms with Crippen LogP contribution in [0.3, 0.4) is 0 Å². The maximum absolute atomic E-state index is 13.1. The number of aryl methyl sites for hydroxylation is 1. The van der Waals surface area contributed by atoms with Crippen molar-refractivity contribution in [3.8, 4) is 5.75 Å². The molecule has 3 aromatic carbocycles. The summed E-state index contributed by atoms with van der Waals surface area (Å²) in [6, 6.07) is 22.7. The number of nitrogens with zero attached hydrogens (tertiary/aromatic N) is 2. The third-order valence-electron chi connectivity index (χ3n) is 5.67. The molecule has 6 heteroatoms. The molecule has 3 aromatic rings. The Balaban J connectivity index is 1.42. The van der Waals surface area contributed by atoms with E-state index in [1.165, 1.54) is 0 Å². The molecule has 1 N–H and O–H groups in total. The maximum Gasteiger partial charge on any atom is 0.324 e. The average Bonchev–Trinajstić information content (AvgIpc) is 2.82. The largest absolute Gasteiger partial charge is 0.497 e. The smallest absolute Gasteiger partial charge is 0.324 e. The fourth-order valence-corrected chi connectivity index (χ4v) is 3.87. The minimum Gasteiger partial charge on any atom is -0.497 e. The molecule has 0 bridgehead atoms. The Morgan fingerprint density at radius 1 is 0.969 bits per heavy atom. The third kappa shape index (κ3) is 4.75. The molecule has 1 saturated heterocycles. The number of benzene rings is 3. The molecule has 0 atom stereocenters. The van der Waals surface area contributed by atoms with Crippen LogP contribution >= 0.6 is 0 Å². The van der Waals surface area contributed by atoms with Crippen LogP contribution in [0, 0.1) is 6.92 Å². The van der Waals surface area contributed by atoms with E-state index in [1.807, 2.05) is 84.6 Å². The number of ether oxygens (including phenoxy) is 1. The van der Waals surface area contributed by atoms with Crippen LogP contribution in [0.15, 0.2) is 72.8 Å². The minimum absolute atomic E-state index is 0.0104. The number of nitrogens with one attached hydrogen (secondary N) is 1. The lowest BCUT2D eigenvalue weighted by Crippen LogP contribution is -2.49. The second-order valence-corrected chi connectivity index (χ2v) is 7.87. The summed E-state index contributed by atoms with van der Waals surface area (Å²) < 4.78 is 5.20. The molecular formula is C26H27N3O3. The van der Waals surface area contributed by atoms with Gasteiger partial charge in [0.2, 0.25) is 0 Å². The number of carbonyl (C=O) groups excluding carboxylic acids is 2. The van der Waals surface area contributed by atoms with Crippen LogP contribution < -0.4 is 15.0 Å². The highest BCUT2D eigenvalue weighted by atomic mass is 16.5. The van der Waals surface area contributed by atoms with Gasteiger partial charge in [-0.3, -0.25) is 9.69 Å². The summed E-state index contributed by atoms with van der Waals surface area (Å²) in [5, 5.41) is 2.93. The molecule has 0 unspecified atom stereocenters. The van der Waals surface area contributed by atoms with Crippen molar-refractivity contribution in [3.63, 3.8) is 0 Å². The summed E-state index contributed by atoms with van der Waals surface area (Å²) in [5.41, 5.74) is 4.16. The molecule has 1 fully saturated rings. The summed E-state index contributed by atoms with van der Waals surface area (Å²) in [6.07, 6.45) is 0.896. The van der Waals surface area contributed by atoms with Gasteiger partial charge in [0, 0.05) is 36.6 Å². The van der Waals surface area contributed by atoms with Gasteiger partial charge in [-0.1, -0.05) is 30.3 Å². The van der Waals surface area contributed by atoms with E-state index in [-0.39, 0.29) is 11.9 Å². The maximum atomic E-state index is 13.1. The molecule has 3 amide bonds. The summed E-state index contributed by atoms with van der Waals surface area (Å²) in [4.78, 5) is 29.3. The number of hydrogen-bond acceptors (Lipinski definition) is 3. The highest BCUT2D eigenvalue weighted by Crippen LogP contribution is 2.24. The third-order valence-corrected chi connectivity index (χ3v) is 5.67. The van der Waals surface area contributed by atoms with Crippen molar-refractivity contribution < 1.29 is 14.3 Å². The van der Waals surface area contributed by atoms with Crippen molar-refractivity contribution >= 4 is 23.3 Å². The SMILES string of the molecule is COc1ccc(CN2CCCN(c3ccc(NC(=O)c4ccccc4C)cc3)C2=O)cc1. The second kappa shape index (κ2) is 9.56. The Bertz CT molecular complexity index is 1090. The number of anilines is 2. The molecule has 1 heterocycles. The van der Waals surface area contributed by atoms with E-state index < -0.39 is 0 Å². The molecule has 6 nitrogen and oxygen atoms in total. The van der Waals surface area contributed by atoms with E-state index in [0.717, 1.165) is 35.5 Å². The summed E-state index contributed by atoms with van der Waals surface area (Å²) >= 11 is 0. The van der Waals surface area contributed by atoms with Gasteiger partial charge in [-0.15, -0.1) is 0 Å². The van der Waals surface area contributed by atoms with Gasteiger partial charge in [-0.25, -0.2) is 4.79 Å². The normalized spacial score (nSPS) is 13.8. The molecule has 0 spiro atoms.